The van der Waals surface area contributed by atoms with Crippen LogP contribution in [-0.2, 0) is 0 Å². The predicted octanol–water partition coefficient (Wildman–Crippen LogP) is 20.3. The van der Waals surface area contributed by atoms with Gasteiger partial charge in [0.15, 0.2) is 0 Å². The normalized spacial score (nSPS) is 12.0. The monoisotopic (exact) mass is 1190 g/mol. The van der Waals surface area contributed by atoms with E-state index in [1.807, 2.05) is 12.1 Å². The molecule has 11 rings (SSSR count). The van der Waals surface area contributed by atoms with Crippen molar-refractivity contribution < 1.29 is 20.4 Å². The quantitative estimate of drug-likeness (QED) is 0.0468. The number of hydrogen-bond donors (Lipinski definition) is 4. The van der Waals surface area contributed by atoms with Crippen molar-refractivity contribution in [1.29, 1.82) is 0 Å². The molecule has 1 aliphatic rings. The van der Waals surface area contributed by atoms with Crippen LogP contribution in [0.4, 0.5) is 56.9 Å². The number of aliphatic hydroxyl groups is 2. The standard InChI is InChI=1S/C80H82N6O4/c1-9-81(10-2)71-29-21-17-25-65(71)55-33-41-59(42-34-55)85(60-43-35-56(36-44-60)66-26-18-22-30-72(66)82(11-3)12-4)63-49-51-69(75(87)53-63)77-79(89)78(80(77)90)70-52-50-64(54-76(70)88)86(61-45-37-57(38-46-61)67-27-19-23-31-73(67)83(13-5)14-6)62-47-39-58(40-48-62)68-28-20-24-32-74(68)84(15-7)16-8/h17-54,87-90H,9-16H2,1-8H3. The lowest BCUT2D eigenvalue weighted by molar-refractivity contribution is 0.386. The predicted molar refractivity (Wildman–Crippen MR) is 381 cm³/mol. The fraction of sp³-hybridized carbons (Fsp3) is 0.200. The Bertz CT molecular complexity index is 3700. The van der Waals surface area contributed by atoms with E-state index in [1.165, 1.54) is 22.7 Å². The van der Waals surface area contributed by atoms with E-state index in [0.29, 0.717) is 11.4 Å². The average Bonchev–Trinajstić information content (AvgIpc) is 2.28. The molecule has 0 unspecified atom stereocenters. The van der Waals surface area contributed by atoms with Gasteiger partial charge in [0.05, 0.1) is 11.1 Å². The number of phenolic OH excluding ortho intramolecular Hbond substituents is 2. The number of nitrogens with zero attached hydrogens (tertiary/aromatic N) is 6. The highest BCUT2D eigenvalue weighted by atomic mass is 16.3. The summed E-state index contributed by atoms with van der Waals surface area (Å²) in [6.45, 7) is 24.5. The van der Waals surface area contributed by atoms with Crippen LogP contribution in [0.3, 0.4) is 0 Å². The Hall–Kier alpha value is -10.3. The van der Waals surface area contributed by atoms with E-state index in [4.69, 9.17) is 0 Å². The molecule has 0 fully saturated rings. The lowest BCUT2D eigenvalue weighted by Crippen LogP contribution is -2.22. The second-order valence-corrected chi connectivity index (χ2v) is 22.5. The molecule has 0 amide bonds. The van der Waals surface area contributed by atoms with Crippen molar-refractivity contribution in [2.45, 2.75) is 55.4 Å². The minimum Gasteiger partial charge on any atom is -0.507 e. The maximum absolute atomic E-state index is 12.1. The molecule has 10 aromatic carbocycles. The van der Waals surface area contributed by atoms with Gasteiger partial charge >= 0.3 is 0 Å². The molecule has 0 spiro atoms. The number of aliphatic hydroxyl groups excluding tert-OH is 2. The fourth-order valence-corrected chi connectivity index (χ4v) is 12.9. The summed E-state index contributed by atoms with van der Waals surface area (Å²) in [7, 11) is 0. The van der Waals surface area contributed by atoms with E-state index >= 15 is 0 Å². The van der Waals surface area contributed by atoms with E-state index in [2.05, 4.69) is 279 Å². The van der Waals surface area contributed by atoms with Crippen LogP contribution in [0.2, 0.25) is 0 Å². The summed E-state index contributed by atoms with van der Waals surface area (Å²) in [6.07, 6.45) is 0. The number of allylic oxidation sites excluding steroid dienone is 2. The highest BCUT2D eigenvalue weighted by Crippen LogP contribution is 2.51. The van der Waals surface area contributed by atoms with Crippen LogP contribution in [0.15, 0.2) is 242 Å². The molecule has 0 atom stereocenters. The molecule has 456 valence electrons. The van der Waals surface area contributed by atoms with Crippen molar-refractivity contribution in [3.8, 4) is 56.0 Å². The van der Waals surface area contributed by atoms with Crippen molar-refractivity contribution in [2.24, 2.45) is 0 Å². The Kier molecular flexibility index (Phi) is 18.7. The topological polar surface area (TPSA) is 100 Å². The molecule has 0 aliphatic heterocycles. The van der Waals surface area contributed by atoms with Crippen molar-refractivity contribution in [2.75, 3.05) is 81.8 Å². The summed E-state index contributed by atoms with van der Waals surface area (Å²) < 4.78 is 0. The first kappa shape index (κ1) is 61.3. The first-order chi connectivity index (χ1) is 44.0. The van der Waals surface area contributed by atoms with Gasteiger partial charge in [-0.15, -0.1) is 0 Å². The molecule has 0 saturated carbocycles. The SMILES string of the molecule is CCN(CC)c1ccccc1-c1ccc(N(c2ccc(-c3ccccc3N(CC)CC)cc2)c2ccc(C3=C(O)C(c4ccc(N(c5ccc(-c6ccccc6N(CC)CC)cc5)c5ccc(-c6ccccc6N(CC)CC)cc5)cc4O)=C3O)c(O)c2)cc1. The molecule has 4 N–H and O–H groups in total. The first-order valence-electron chi connectivity index (χ1n) is 31.9. The second-order valence-electron chi connectivity index (χ2n) is 22.5. The van der Waals surface area contributed by atoms with Crippen LogP contribution >= 0.6 is 0 Å². The maximum Gasteiger partial charge on any atom is 0.139 e. The van der Waals surface area contributed by atoms with E-state index in [9.17, 15) is 20.4 Å². The van der Waals surface area contributed by atoms with Crippen LogP contribution in [0.25, 0.3) is 55.7 Å². The van der Waals surface area contributed by atoms with E-state index in [-0.39, 0.29) is 45.3 Å². The van der Waals surface area contributed by atoms with Crippen molar-refractivity contribution in [3.63, 3.8) is 0 Å². The summed E-state index contributed by atoms with van der Waals surface area (Å²) in [4.78, 5) is 13.7. The zero-order valence-corrected chi connectivity index (χ0v) is 53.1. The Balaban J connectivity index is 0.927. The van der Waals surface area contributed by atoms with Gasteiger partial charge in [0.2, 0.25) is 0 Å². The Morgan fingerprint density at radius 3 is 0.656 bits per heavy atom. The summed E-state index contributed by atoms with van der Waals surface area (Å²) in [5.41, 5.74) is 19.1. The minimum absolute atomic E-state index is 0.0865. The number of aromatic hydroxyl groups is 2. The zero-order chi connectivity index (χ0) is 63.0. The highest BCUT2D eigenvalue weighted by Gasteiger charge is 2.35. The van der Waals surface area contributed by atoms with Crippen LogP contribution in [0, 0.1) is 0 Å². The summed E-state index contributed by atoms with van der Waals surface area (Å²) >= 11 is 0. The molecule has 90 heavy (non-hydrogen) atoms. The molecule has 0 radical (unpaired) electrons. The largest absolute Gasteiger partial charge is 0.507 e. The number of phenols is 2. The van der Waals surface area contributed by atoms with Gasteiger partial charge in [0.25, 0.3) is 0 Å². The van der Waals surface area contributed by atoms with E-state index < -0.39 is 0 Å². The summed E-state index contributed by atoms with van der Waals surface area (Å²) in [6, 6.07) is 78.6. The van der Waals surface area contributed by atoms with Crippen molar-refractivity contribution in [3.05, 3.63) is 253 Å². The third-order valence-electron chi connectivity index (χ3n) is 17.7. The van der Waals surface area contributed by atoms with Crippen LogP contribution in [-0.4, -0.2) is 72.8 Å². The third kappa shape index (κ3) is 11.9. The summed E-state index contributed by atoms with van der Waals surface area (Å²) in [5.74, 6) is -0.761. The number of anilines is 10. The number of para-hydroxylation sites is 4. The molecular weight excluding hydrogens is 1110 g/mol. The van der Waals surface area contributed by atoms with Gasteiger partial charge in [-0.2, -0.15) is 0 Å². The molecule has 1 aliphatic carbocycles. The molecule has 0 heterocycles. The second kappa shape index (κ2) is 27.4. The number of benzene rings is 10. The van der Waals surface area contributed by atoms with Crippen LogP contribution < -0.4 is 29.4 Å². The van der Waals surface area contributed by atoms with Crippen LogP contribution in [0.1, 0.15) is 66.5 Å². The average molecular weight is 1190 g/mol. The molecule has 10 nitrogen and oxygen atoms in total. The molecule has 10 heteroatoms. The van der Waals surface area contributed by atoms with Gasteiger partial charge in [0.1, 0.15) is 23.0 Å². The van der Waals surface area contributed by atoms with Crippen molar-refractivity contribution >= 4 is 68.0 Å². The number of hydrogen-bond acceptors (Lipinski definition) is 10. The molecule has 0 saturated heterocycles. The van der Waals surface area contributed by atoms with E-state index in [0.717, 1.165) is 120 Å². The Labute approximate surface area is 532 Å². The lowest BCUT2D eigenvalue weighted by atomic mass is 9.83. The fourth-order valence-electron chi connectivity index (χ4n) is 12.9. The third-order valence-corrected chi connectivity index (χ3v) is 17.7. The smallest absolute Gasteiger partial charge is 0.139 e. The van der Waals surface area contributed by atoms with Gasteiger partial charge in [-0.1, -0.05) is 121 Å². The Morgan fingerprint density at radius 2 is 0.444 bits per heavy atom. The lowest BCUT2D eigenvalue weighted by Gasteiger charge is -2.29. The highest BCUT2D eigenvalue weighted by molar-refractivity contribution is 6.08. The molecule has 0 bridgehead atoms. The minimum atomic E-state index is -0.241. The van der Waals surface area contributed by atoms with Gasteiger partial charge in [0, 0.05) is 155 Å². The van der Waals surface area contributed by atoms with Gasteiger partial charge in [-0.3, -0.25) is 0 Å². The molecule has 10 aromatic rings. The molecule has 0 aromatic heterocycles. The van der Waals surface area contributed by atoms with Crippen LogP contribution in [0.5, 0.6) is 11.5 Å². The van der Waals surface area contributed by atoms with Gasteiger partial charge < -0.3 is 49.8 Å². The Morgan fingerprint density at radius 1 is 0.233 bits per heavy atom. The van der Waals surface area contributed by atoms with E-state index in [1.54, 1.807) is 24.3 Å². The summed E-state index contributed by atoms with van der Waals surface area (Å²) in [5, 5.41) is 48.2. The van der Waals surface area contributed by atoms with Gasteiger partial charge in [-0.05, 0) is 175 Å². The van der Waals surface area contributed by atoms with Gasteiger partial charge in [-0.25, -0.2) is 0 Å². The molecular formula is C80H82N6O4. The van der Waals surface area contributed by atoms with Crippen molar-refractivity contribution in [1.82, 2.24) is 0 Å². The number of rotatable bonds is 24. The first-order valence-corrected chi connectivity index (χ1v) is 31.9. The maximum atomic E-state index is 12.1. The zero-order valence-electron chi connectivity index (χ0n) is 53.1.